The van der Waals surface area contributed by atoms with Crippen LogP contribution in [0.15, 0.2) is 67.5 Å². The average molecular weight is 477 g/mol. The number of nitrogens with one attached hydrogen (secondary N) is 3. The smallest absolute Gasteiger partial charge is 0.224 e. The molecule has 0 radical (unpaired) electrons. The van der Waals surface area contributed by atoms with Crippen molar-refractivity contribution in [1.29, 1.82) is 0 Å². The molecule has 9 heteroatoms. The number of imidazole rings is 1. The second-order valence-corrected chi connectivity index (χ2v) is 8.79. The highest BCUT2D eigenvalue weighted by Crippen LogP contribution is 2.33. The summed E-state index contributed by atoms with van der Waals surface area (Å²) in [5.41, 5.74) is 7.89. The van der Waals surface area contributed by atoms with Gasteiger partial charge in [0.2, 0.25) is 5.91 Å². The molecule has 6 aromatic rings. The first-order valence-electron chi connectivity index (χ1n) is 11.8. The van der Waals surface area contributed by atoms with Gasteiger partial charge in [-0.3, -0.25) is 14.9 Å². The molecule has 0 bridgehead atoms. The summed E-state index contributed by atoms with van der Waals surface area (Å²) in [5, 5.41) is 12.6. The van der Waals surface area contributed by atoms with Crippen molar-refractivity contribution in [2.24, 2.45) is 0 Å². The first-order chi connectivity index (χ1) is 17.6. The zero-order valence-corrected chi connectivity index (χ0v) is 19.9. The molecule has 5 heterocycles. The quantitative estimate of drug-likeness (QED) is 0.297. The lowest BCUT2D eigenvalue weighted by Gasteiger charge is -2.07. The van der Waals surface area contributed by atoms with Gasteiger partial charge in [0, 0.05) is 41.3 Å². The van der Waals surface area contributed by atoms with E-state index in [4.69, 9.17) is 0 Å². The number of pyridine rings is 2. The lowest BCUT2D eigenvalue weighted by Crippen LogP contribution is -2.10. The maximum absolute atomic E-state index is 12.0. The van der Waals surface area contributed by atoms with E-state index in [1.165, 1.54) is 0 Å². The summed E-state index contributed by atoms with van der Waals surface area (Å²) in [6, 6.07) is 12.1. The van der Waals surface area contributed by atoms with Gasteiger partial charge in [0.15, 0.2) is 0 Å². The maximum atomic E-state index is 12.0. The van der Waals surface area contributed by atoms with Crippen molar-refractivity contribution in [3.63, 3.8) is 0 Å². The number of rotatable bonds is 6. The van der Waals surface area contributed by atoms with Crippen LogP contribution < -0.4 is 5.32 Å². The Labute approximate surface area is 206 Å². The molecular weight excluding hydrogens is 452 g/mol. The number of anilines is 1. The largest absolute Gasteiger partial charge is 0.338 e. The third kappa shape index (κ3) is 3.90. The van der Waals surface area contributed by atoms with Crippen LogP contribution >= 0.6 is 0 Å². The van der Waals surface area contributed by atoms with Crippen LogP contribution in [0.25, 0.3) is 50.1 Å². The Balaban J connectivity index is 1.40. The van der Waals surface area contributed by atoms with Crippen LogP contribution in [0.3, 0.4) is 0 Å². The molecule has 0 aliphatic carbocycles. The number of amides is 1. The van der Waals surface area contributed by atoms with Crippen LogP contribution in [0.1, 0.15) is 25.5 Å². The summed E-state index contributed by atoms with van der Waals surface area (Å²) in [7, 11) is 0. The molecule has 0 atom stereocenters. The number of benzene rings is 1. The highest BCUT2D eigenvalue weighted by molar-refractivity contribution is 5.99. The molecular formula is C27H24N8O. The summed E-state index contributed by atoms with van der Waals surface area (Å²) >= 11 is 0. The number of carbonyl (C=O) groups is 1. The Morgan fingerprint density at radius 3 is 2.81 bits per heavy atom. The molecule has 9 nitrogen and oxygen atoms in total. The monoisotopic (exact) mass is 476 g/mol. The lowest BCUT2D eigenvalue weighted by molar-refractivity contribution is -0.116. The van der Waals surface area contributed by atoms with E-state index in [0.29, 0.717) is 12.1 Å². The Morgan fingerprint density at radius 1 is 1.06 bits per heavy atom. The van der Waals surface area contributed by atoms with Crippen LogP contribution in [0.4, 0.5) is 5.69 Å². The molecule has 0 saturated carbocycles. The van der Waals surface area contributed by atoms with Crippen molar-refractivity contribution in [2.45, 2.75) is 26.7 Å². The number of hydrogen-bond donors (Lipinski definition) is 3. The molecule has 3 N–H and O–H groups in total. The zero-order chi connectivity index (χ0) is 24.6. The molecule has 0 aliphatic rings. The van der Waals surface area contributed by atoms with Gasteiger partial charge in [-0.2, -0.15) is 5.10 Å². The van der Waals surface area contributed by atoms with Crippen LogP contribution in [0.2, 0.25) is 0 Å². The van der Waals surface area contributed by atoms with E-state index in [-0.39, 0.29) is 5.91 Å². The normalized spacial score (nSPS) is 11.4. The summed E-state index contributed by atoms with van der Waals surface area (Å²) in [4.78, 5) is 28.7. The van der Waals surface area contributed by atoms with Crippen LogP contribution in [0.5, 0.6) is 0 Å². The molecule has 178 valence electrons. The molecule has 6 rings (SSSR count). The SMILES string of the molecule is CCCC(=O)Nc1cncc(-c2ccc3[nH]nc(-c4cc5c(-n6cnc(C)c6)ccnc5[nH]4)c3c2)c1. The molecule has 1 aromatic carbocycles. The fourth-order valence-corrected chi connectivity index (χ4v) is 4.43. The lowest BCUT2D eigenvalue weighted by atomic mass is 10.0. The minimum Gasteiger partial charge on any atom is -0.338 e. The van der Waals surface area contributed by atoms with Crippen molar-refractivity contribution in [3.8, 4) is 28.2 Å². The molecule has 5 aromatic heterocycles. The summed E-state index contributed by atoms with van der Waals surface area (Å²) in [5.74, 6) is -0.0123. The predicted octanol–water partition coefficient (Wildman–Crippen LogP) is 5.40. The highest BCUT2D eigenvalue weighted by Gasteiger charge is 2.15. The third-order valence-corrected chi connectivity index (χ3v) is 6.15. The highest BCUT2D eigenvalue weighted by atomic mass is 16.1. The van der Waals surface area contributed by atoms with Gasteiger partial charge in [0.25, 0.3) is 0 Å². The van der Waals surface area contributed by atoms with Gasteiger partial charge in [-0.25, -0.2) is 9.97 Å². The number of hydrogen-bond acceptors (Lipinski definition) is 5. The number of H-pyrrole nitrogens is 2. The van der Waals surface area contributed by atoms with Gasteiger partial charge in [0.1, 0.15) is 11.3 Å². The topological polar surface area (TPSA) is 117 Å². The van der Waals surface area contributed by atoms with E-state index in [0.717, 1.165) is 62.3 Å². The molecule has 0 saturated heterocycles. The summed E-state index contributed by atoms with van der Waals surface area (Å²) < 4.78 is 2.00. The van der Waals surface area contributed by atoms with E-state index < -0.39 is 0 Å². The molecule has 1 amide bonds. The number of aromatic amines is 2. The van der Waals surface area contributed by atoms with Crippen molar-refractivity contribution >= 4 is 33.5 Å². The van der Waals surface area contributed by atoms with Crippen molar-refractivity contribution < 1.29 is 4.79 Å². The van der Waals surface area contributed by atoms with Crippen LogP contribution in [0, 0.1) is 6.92 Å². The van der Waals surface area contributed by atoms with Gasteiger partial charge < -0.3 is 14.9 Å². The third-order valence-electron chi connectivity index (χ3n) is 6.15. The van der Waals surface area contributed by atoms with Crippen molar-refractivity contribution in [2.75, 3.05) is 5.32 Å². The van der Waals surface area contributed by atoms with Crippen molar-refractivity contribution in [1.82, 2.24) is 34.7 Å². The standard InChI is InChI=1S/C27H24N8O/c1-3-4-25(36)31-19-9-18(12-28-13-19)17-5-6-22-20(10-17)26(34-33-22)23-11-21-24(7-8-29-27(21)32-23)35-14-16(2)30-15-35/h5-15H,3-4H2,1-2H3,(H,29,32)(H,31,36)(H,33,34). The Bertz CT molecular complexity index is 1720. The number of aryl methyl sites for hydroxylation is 1. The van der Waals surface area contributed by atoms with Gasteiger partial charge in [-0.1, -0.05) is 13.0 Å². The number of fused-ring (bicyclic) bond motifs is 2. The van der Waals surface area contributed by atoms with E-state index in [2.05, 4.69) is 47.6 Å². The molecule has 0 aliphatic heterocycles. The van der Waals surface area contributed by atoms with Gasteiger partial charge in [-0.05, 0) is 49.2 Å². The maximum Gasteiger partial charge on any atom is 0.224 e. The van der Waals surface area contributed by atoms with E-state index in [1.54, 1.807) is 24.9 Å². The van der Waals surface area contributed by atoms with Crippen LogP contribution in [-0.4, -0.2) is 40.6 Å². The van der Waals surface area contributed by atoms with Crippen molar-refractivity contribution in [3.05, 3.63) is 73.2 Å². The predicted molar refractivity (Wildman–Crippen MR) is 140 cm³/mol. The second-order valence-electron chi connectivity index (χ2n) is 8.79. The number of nitrogens with zero attached hydrogens (tertiary/aromatic N) is 5. The van der Waals surface area contributed by atoms with E-state index in [1.807, 2.05) is 48.9 Å². The number of carbonyl (C=O) groups excluding carboxylic acids is 1. The fraction of sp³-hybridized carbons (Fsp3) is 0.148. The van der Waals surface area contributed by atoms with Crippen LogP contribution in [-0.2, 0) is 4.79 Å². The number of aromatic nitrogens is 7. The minimum absolute atomic E-state index is 0.0123. The van der Waals surface area contributed by atoms with Gasteiger partial charge in [-0.15, -0.1) is 0 Å². The fourth-order valence-electron chi connectivity index (χ4n) is 4.43. The second kappa shape index (κ2) is 8.77. The Hall–Kier alpha value is -4.79. The first kappa shape index (κ1) is 21.7. The Kier molecular flexibility index (Phi) is 5.29. The average Bonchev–Trinajstić information content (AvgIpc) is 3.61. The van der Waals surface area contributed by atoms with E-state index in [9.17, 15) is 4.79 Å². The first-order valence-corrected chi connectivity index (χ1v) is 11.8. The van der Waals surface area contributed by atoms with Gasteiger partial charge in [0.05, 0.1) is 40.8 Å². The summed E-state index contributed by atoms with van der Waals surface area (Å²) in [6.07, 6.45) is 10.3. The summed E-state index contributed by atoms with van der Waals surface area (Å²) in [6.45, 7) is 3.95. The van der Waals surface area contributed by atoms with Gasteiger partial charge >= 0.3 is 0 Å². The minimum atomic E-state index is -0.0123. The Morgan fingerprint density at radius 2 is 1.97 bits per heavy atom. The molecule has 0 spiro atoms. The van der Waals surface area contributed by atoms with E-state index >= 15 is 0 Å². The molecule has 0 fully saturated rings. The zero-order valence-electron chi connectivity index (χ0n) is 19.9. The molecule has 0 unspecified atom stereocenters. The molecule has 36 heavy (non-hydrogen) atoms.